The maximum absolute atomic E-state index is 6.01. The molecule has 0 aromatic heterocycles. The number of methoxy groups -OCH3 is 1. The van der Waals surface area contributed by atoms with E-state index in [0.29, 0.717) is 144 Å². The molecule has 0 fully saturated rings. The van der Waals surface area contributed by atoms with Gasteiger partial charge in [-0.05, 0) is 23.0 Å². The van der Waals surface area contributed by atoms with Crippen molar-refractivity contribution < 1.29 is 56.8 Å². The summed E-state index contributed by atoms with van der Waals surface area (Å²) in [4.78, 5) is 0. The van der Waals surface area contributed by atoms with Crippen LogP contribution in [0.4, 0.5) is 0 Å². The number of para-hydroxylation sites is 1. The highest BCUT2D eigenvalue weighted by Gasteiger charge is 2.15. The minimum Gasteiger partial charge on any atom is -0.467 e. The Morgan fingerprint density at radius 1 is 0.391 bits per heavy atom. The molecule has 0 unspecified atom stereocenters. The highest BCUT2D eigenvalue weighted by Crippen LogP contribution is 2.34. The zero-order chi connectivity index (χ0) is 33.3. The predicted octanol–water partition coefficient (Wildman–Crippen LogP) is 4.08. The second kappa shape index (κ2) is 32.1. The summed E-state index contributed by atoms with van der Waals surface area (Å²) in [6.45, 7) is 19.3. The first-order valence-corrected chi connectivity index (χ1v) is 16.6. The minimum absolute atomic E-state index is 0.203. The van der Waals surface area contributed by atoms with E-state index in [1.54, 1.807) is 7.11 Å². The molecule has 0 radical (unpaired) electrons. The first kappa shape index (κ1) is 42.6. The molecular formula is C34H62O12. The number of hydrogen-bond donors (Lipinski definition) is 0. The first-order valence-electron chi connectivity index (χ1n) is 16.6. The molecule has 0 aliphatic rings. The molecule has 0 bridgehead atoms. The summed E-state index contributed by atoms with van der Waals surface area (Å²) in [6.07, 6.45) is 0. The van der Waals surface area contributed by atoms with Crippen molar-refractivity contribution in [1.82, 2.24) is 0 Å². The smallest absolute Gasteiger partial charge is 0.189 e. The molecule has 0 saturated carbocycles. The summed E-state index contributed by atoms with van der Waals surface area (Å²) < 4.78 is 65.7. The van der Waals surface area contributed by atoms with E-state index in [0.717, 1.165) is 5.75 Å². The van der Waals surface area contributed by atoms with Crippen molar-refractivity contribution in [3.8, 4) is 5.75 Å². The highest BCUT2D eigenvalue weighted by atomic mass is 16.7. The van der Waals surface area contributed by atoms with E-state index in [1.165, 1.54) is 11.1 Å². The van der Waals surface area contributed by atoms with Crippen LogP contribution in [0.25, 0.3) is 0 Å². The lowest BCUT2D eigenvalue weighted by Gasteiger charge is -2.19. The summed E-state index contributed by atoms with van der Waals surface area (Å²) in [5.74, 6) is 1.71. The Bertz CT molecular complexity index is 754. The lowest BCUT2D eigenvalue weighted by molar-refractivity contribution is -0.0355. The fraction of sp³-hybridized carbons (Fsp3) is 0.824. The summed E-state index contributed by atoms with van der Waals surface area (Å²) in [5.41, 5.74) is 2.41. The molecule has 1 aromatic carbocycles. The zero-order valence-corrected chi connectivity index (χ0v) is 29.1. The van der Waals surface area contributed by atoms with E-state index in [1.807, 2.05) is 0 Å². The predicted molar refractivity (Wildman–Crippen MR) is 175 cm³/mol. The Morgan fingerprint density at radius 3 is 0.913 bits per heavy atom. The van der Waals surface area contributed by atoms with E-state index in [2.05, 4.69) is 45.9 Å². The second-order valence-corrected chi connectivity index (χ2v) is 10.7. The van der Waals surface area contributed by atoms with Gasteiger partial charge >= 0.3 is 0 Å². The number of hydrogen-bond acceptors (Lipinski definition) is 12. The van der Waals surface area contributed by atoms with Crippen LogP contribution in [0.1, 0.15) is 50.7 Å². The van der Waals surface area contributed by atoms with Gasteiger partial charge in [-0.25, -0.2) is 0 Å². The lowest BCUT2D eigenvalue weighted by atomic mass is 9.94. The second-order valence-electron chi connectivity index (χ2n) is 10.7. The topological polar surface area (TPSA) is 111 Å². The van der Waals surface area contributed by atoms with Crippen LogP contribution in [0.3, 0.4) is 0 Å². The third-order valence-corrected chi connectivity index (χ3v) is 6.39. The fourth-order valence-electron chi connectivity index (χ4n) is 3.93. The zero-order valence-electron chi connectivity index (χ0n) is 29.1. The highest BCUT2D eigenvalue weighted by molar-refractivity contribution is 5.44. The Hall–Kier alpha value is -1.42. The van der Waals surface area contributed by atoms with Crippen LogP contribution >= 0.6 is 0 Å². The summed E-state index contributed by atoms with van der Waals surface area (Å²) in [7, 11) is 1.65. The molecule has 270 valence electrons. The lowest BCUT2D eigenvalue weighted by Crippen LogP contribution is -2.15. The average molecular weight is 663 g/mol. The molecule has 12 nitrogen and oxygen atoms in total. The van der Waals surface area contributed by atoms with Gasteiger partial charge in [0.2, 0.25) is 0 Å². The van der Waals surface area contributed by atoms with E-state index in [9.17, 15) is 0 Å². The van der Waals surface area contributed by atoms with Crippen LogP contribution in [0, 0.1) is 0 Å². The monoisotopic (exact) mass is 662 g/mol. The quantitative estimate of drug-likeness (QED) is 0.0772. The van der Waals surface area contributed by atoms with Crippen LogP contribution < -0.4 is 4.74 Å². The molecule has 0 heterocycles. The standard InChI is InChI=1S/C34H62O12/c1-30(2)32-7-6-8-33(31(3)4)34(32)46-29-45-28-27-44-26-25-43-24-23-42-22-21-41-20-19-40-18-17-39-16-15-38-14-13-37-12-11-36-10-9-35-5/h6-8,30-31H,9-29H2,1-5H3. The Morgan fingerprint density at radius 2 is 0.652 bits per heavy atom. The van der Waals surface area contributed by atoms with Gasteiger partial charge in [-0.3, -0.25) is 0 Å². The molecule has 0 aliphatic carbocycles. The Balaban J connectivity index is 1.75. The van der Waals surface area contributed by atoms with Gasteiger partial charge in [0.15, 0.2) is 6.79 Å². The number of ether oxygens (including phenoxy) is 12. The van der Waals surface area contributed by atoms with Crippen molar-refractivity contribution >= 4 is 0 Å². The van der Waals surface area contributed by atoms with E-state index in [4.69, 9.17) is 56.8 Å². The molecule has 0 spiro atoms. The maximum atomic E-state index is 6.01. The molecule has 0 aliphatic heterocycles. The third-order valence-electron chi connectivity index (χ3n) is 6.39. The van der Waals surface area contributed by atoms with Gasteiger partial charge in [0.25, 0.3) is 0 Å². The molecular weight excluding hydrogens is 600 g/mol. The van der Waals surface area contributed by atoms with E-state index in [-0.39, 0.29) is 6.79 Å². The third kappa shape index (κ3) is 24.7. The molecule has 0 amide bonds. The van der Waals surface area contributed by atoms with Gasteiger partial charge < -0.3 is 56.8 Å². The van der Waals surface area contributed by atoms with Crippen LogP contribution in [0.15, 0.2) is 18.2 Å². The summed E-state index contributed by atoms with van der Waals surface area (Å²) in [6, 6.07) is 6.33. The molecule has 46 heavy (non-hydrogen) atoms. The molecule has 1 rings (SSSR count). The Labute approximate surface area is 277 Å². The normalized spacial score (nSPS) is 11.7. The number of rotatable bonds is 35. The van der Waals surface area contributed by atoms with Gasteiger partial charge in [-0.2, -0.15) is 0 Å². The maximum Gasteiger partial charge on any atom is 0.189 e. The van der Waals surface area contributed by atoms with Gasteiger partial charge in [0.1, 0.15) is 5.75 Å². The van der Waals surface area contributed by atoms with Crippen molar-refractivity contribution in [2.24, 2.45) is 0 Å². The molecule has 12 heteroatoms. The molecule has 0 N–H and O–H groups in total. The number of benzene rings is 1. The van der Waals surface area contributed by atoms with Crippen molar-refractivity contribution in [2.75, 3.05) is 146 Å². The van der Waals surface area contributed by atoms with Crippen molar-refractivity contribution in [1.29, 1.82) is 0 Å². The van der Waals surface area contributed by atoms with Gasteiger partial charge in [0, 0.05) is 7.11 Å². The van der Waals surface area contributed by atoms with Gasteiger partial charge in [-0.15, -0.1) is 0 Å². The van der Waals surface area contributed by atoms with Crippen molar-refractivity contribution in [2.45, 2.75) is 39.5 Å². The molecule has 0 saturated heterocycles. The largest absolute Gasteiger partial charge is 0.467 e. The average Bonchev–Trinajstić information content (AvgIpc) is 3.05. The minimum atomic E-state index is 0.203. The fourth-order valence-corrected chi connectivity index (χ4v) is 3.93. The van der Waals surface area contributed by atoms with Crippen LogP contribution in [-0.4, -0.2) is 146 Å². The SMILES string of the molecule is COCCOCCOCCOCCOCCOCCOCCOCCOCCOCCOCOc1c(C(C)C)cccc1C(C)C. The van der Waals surface area contributed by atoms with Crippen LogP contribution in [0.5, 0.6) is 5.75 Å². The van der Waals surface area contributed by atoms with Crippen molar-refractivity contribution in [3.05, 3.63) is 29.3 Å². The summed E-state index contributed by atoms with van der Waals surface area (Å²) >= 11 is 0. The first-order chi connectivity index (χ1) is 22.6. The van der Waals surface area contributed by atoms with Crippen molar-refractivity contribution in [3.63, 3.8) is 0 Å². The van der Waals surface area contributed by atoms with Crippen LogP contribution in [0.2, 0.25) is 0 Å². The van der Waals surface area contributed by atoms with Gasteiger partial charge in [-0.1, -0.05) is 45.9 Å². The molecule has 0 atom stereocenters. The van der Waals surface area contributed by atoms with Crippen LogP contribution in [-0.2, 0) is 52.1 Å². The Kier molecular flexibility index (Phi) is 29.8. The van der Waals surface area contributed by atoms with E-state index < -0.39 is 0 Å². The molecule has 1 aromatic rings. The van der Waals surface area contributed by atoms with Gasteiger partial charge in [0.05, 0.1) is 132 Å². The summed E-state index contributed by atoms with van der Waals surface area (Å²) in [5, 5.41) is 0. The van der Waals surface area contributed by atoms with E-state index >= 15 is 0 Å².